The summed E-state index contributed by atoms with van der Waals surface area (Å²) < 4.78 is 10.2. The Hall–Kier alpha value is -1.64. The first-order valence-electron chi connectivity index (χ1n) is 4.96. The van der Waals surface area contributed by atoms with Gasteiger partial charge in [-0.1, -0.05) is 0 Å². The van der Waals surface area contributed by atoms with Gasteiger partial charge >= 0.3 is 11.6 Å². The summed E-state index contributed by atoms with van der Waals surface area (Å²) in [6, 6.07) is 2.82. The number of carbonyl (C=O) groups is 1. The molecule has 0 aliphatic carbocycles. The highest BCUT2D eigenvalue weighted by molar-refractivity contribution is 14.1. The smallest absolute Gasteiger partial charge is 0.337 e. The highest BCUT2D eigenvalue weighted by Crippen LogP contribution is 2.16. The van der Waals surface area contributed by atoms with Crippen molar-refractivity contribution in [2.45, 2.75) is 13.5 Å². The second-order valence-electron chi connectivity index (χ2n) is 3.56. The molecular formula is C11H8INO5. The third kappa shape index (κ3) is 2.61. The quantitative estimate of drug-likeness (QED) is 0.640. The first-order chi connectivity index (χ1) is 8.47. The molecule has 7 heteroatoms. The van der Waals surface area contributed by atoms with Gasteiger partial charge in [0.05, 0.1) is 3.57 Å². The lowest BCUT2D eigenvalue weighted by molar-refractivity contribution is -0.142. The van der Waals surface area contributed by atoms with Crippen LogP contribution in [0.5, 0.6) is 0 Å². The molecule has 0 amide bonds. The second-order valence-corrected chi connectivity index (χ2v) is 4.72. The maximum atomic E-state index is 11.4. The van der Waals surface area contributed by atoms with Crippen molar-refractivity contribution in [3.8, 4) is 0 Å². The fraction of sp³-hybridized carbons (Fsp3) is 0.182. The topological polar surface area (TPSA) is 89.4 Å². The maximum Gasteiger partial charge on any atom is 0.337 e. The second kappa shape index (κ2) is 4.92. The molecule has 2 rings (SSSR count). The number of pyridine rings is 1. The largest absolute Gasteiger partial charge is 0.461 e. The minimum Gasteiger partial charge on any atom is -0.461 e. The van der Waals surface area contributed by atoms with Gasteiger partial charge in [0.2, 0.25) is 5.71 Å². The monoisotopic (exact) mass is 361 g/mol. The lowest BCUT2D eigenvalue weighted by Crippen LogP contribution is -2.12. The molecule has 2 aromatic rings. The molecule has 0 aliphatic rings. The van der Waals surface area contributed by atoms with Gasteiger partial charge in [-0.25, -0.2) is 4.79 Å². The van der Waals surface area contributed by atoms with Gasteiger partial charge < -0.3 is 9.15 Å². The van der Waals surface area contributed by atoms with E-state index in [2.05, 4.69) is 4.98 Å². The summed E-state index contributed by atoms with van der Waals surface area (Å²) in [6.45, 7) is 1.23. The third-order valence-electron chi connectivity index (χ3n) is 2.23. The molecule has 0 aliphatic heterocycles. The summed E-state index contributed by atoms with van der Waals surface area (Å²) in [4.78, 5) is 36.0. The summed E-state index contributed by atoms with van der Waals surface area (Å²) in [5.41, 5.74) is -0.377. The zero-order chi connectivity index (χ0) is 13.3. The average Bonchev–Trinajstić information content (AvgIpc) is 2.28. The Morgan fingerprint density at radius 3 is 2.83 bits per heavy atom. The lowest BCUT2D eigenvalue weighted by atomic mass is 10.2. The lowest BCUT2D eigenvalue weighted by Gasteiger charge is -2.05. The van der Waals surface area contributed by atoms with Gasteiger partial charge in [0.1, 0.15) is 6.61 Å². The molecule has 18 heavy (non-hydrogen) atoms. The summed E-state index contributed by atoms with van der Waals surface area (Å²) in [6.07, 6.45) is 0. The van der Waals surface area contributed by atoms with Crippen LogP contribution < -0.4 is 11.2 Å². The van der Waals surface area contributed by atoms with Crippen LogP contribution in [-0.2, 0) is 16.1 Å². The van der Waals surface area contributed by atoms with Crippen molar-refractivity contribution in [1.82, 2.24) is 4.98 Å². The Bertz CT molecular complexity index is 730. The van der Waals surface area contributed by atoms with Crippen molar-refractivity contribution in [2.75, 3.05) is 0 Å². The molecule has 2 heterocycles. The van der Waals surface area contributed by atoms with Crippen molar-refractivity contribution in [3.05, 3.63) is 42.0 Å². The van der Waals surface area contributed by atoms with Crippen LogP contribution in [0.4, 0.5) is 0 Å². The number of rotatable bonds is 2. The van der Waals surface area contributed by atoms with Gasteiger partial charge in [0.15, 0.2) is 0 Å². The number of hydrogen-bond acceptors (Lipinski definition) is 5. The third-order valence-corrected chi connectivity index (χ3v) is 3.03. The molecule has 0 radical (unpaired) electrons. The van der Waals surface area contributed by atoms with Crippen molar-refractivity contribution >= 4 is 39.7 Å². The number of ether oxygens (including phenoxy) is 1. The van der Waals surface area contributed by atoms with E-state index in [0.29, 0.717) is 14.5 Å². The predicted octanol–water partition coefficient (Wildman–Crippen LogP) is 1.15. The molecule has 0 bridgehead atoms. The van der Waals surface area contributed by atoms with E-state index in [1.54, 1.807) is 6.07 Å². The average molecular weight is 361 g/mol. The molecule has 6 nitrogen and oxygen atoms in total. The van der Waals surface area contributed by atoms with Gasteiger partial charge in [-0.05, 0) is 28.7 Å². The first-order valence-corrected chi connectivity index (χ1v) is 6.04. The summed E-state index contributed by atoms with van der Waals surface area (Å²) >= 11 is 1.87. The van der Waals surface area contributed by atoms with E-state index in [4.69, 9.17) is 9.15 Å². The molecule has 0 atom stereocenters. The zero-order valence-electron chi connectivity index (χ0n) is 9.28. The molecule has 0 aromatic carbocycles. The number of halogens is 1. The summed E-state index contributed by atoms with van der Waals surface area (Å²) in [5, 5.41) is 0.542. The molecule has 2 aromatic heterocycles. The van der Waals surface area contributed by atoms with Gasteiger partial charge in [-0.3, -0.25) is 14.6 Å². The molecule has 0 unspecified atom stereocenters. The first kappa shape index (κ1) is 12.8. The molecule has 94 valence electrons. The standard InChI is InChI=1S/C11H8INO5/c1-5(14)17-4-6-2-9(15)18-11-7(6)3-8(12)10(16)13-11/h2-3H,4H2,1H3,(H,13,16). The number of esters is 1. The van der Waals surface area contributed by atoms with Gasteiger partial charge in [-0.15, -0.1) is 0 Å². The van der Waals surface area contributed by atoms with Crippen LogP contribution >= 0.6 is 22.6 Å². The minimum absolute atomic E-state index is 0.0421. The van der Waals surface area contributed by atoms with E-state index in [0.717, 1.165) is 0 Å². The van der Waals surface area contributed by atoms with E-state index < -0.39 is 11.6 Å². The Balaban J connectivity index is 2.64. The SMILES string of the molecule is CC(=O)OCc1cc(=O)oc2[nH]c(=O)c(I)cc12. The van der Waals surface area contributed by atoms with Crippen LogP contribution in [-0.4, -0.2) is 11.0 Å². The fourth-order valence-corrected chi connectivity index (χ4v) is 1.90. The van der Waals surface area contributed by atoms with Crippen molar-refractivity contribution in [3.63, 3.8) is 0 Å². The number of H-pyrrole nitrogens is 1. The van der Waals surface area contributed by atoms with E-state index in [1.165, 1.54) is 13.0 Å². The number of hydrogen-bond donors (Lipinski definition) is 1. The Morgan fingerprint density at radius 2 is 2.17 bits per heavy atom. The van der Waals surface area contributed by atoms with E-state index in [1.807, 2.05) is 22.6 Å². The van der Waals surface area contributed by atoms with E-state index in [-0.39, 0.29) is 17.9 Å². The van der Waals surface area contributed by atoms with Crippen molar-refractivity contribution in [1.29, 1.82) is 0 Å². The van der Waals surface area contributed by atoms with Crippen LogP contribution in [0.15, 0.2) is 26.1 Å². The van der Waals surface area contributed by atoms with Crippen molar-refractivity contribution in [2.24, 2.45) is 0 Å². The van der Waals surface area contributed by atoms with Gasteiger partial charge in [0, 0.05) is 23.9 Å². The van der Waals surface area contributed by atoms with Crippen LogP contribution in [0.2, 0.25) is 0 Å². The molecule has 0 fully saturated rings. The van der Waals surface area contributed by atoms with E-state index in [9.17, 15) is 14.4 Å². The van der Waals surface area contributed by atoms with Crippen LogP contribution in [0, 0.1) is 3.57 Å². The number of carbonyl (C=O) groups excluding carboxylic acids is 1. The summed E-state index contributed by atoms with van der Waals surface area (Å²) in [5.74, 6) is -0.449. The highest BCUT2D eigenvalue weighted by Gasteiger charge is 2.09. The fourth-order valence-electron chi connectivity index (χ4n) is 1.46. The maximum absolute atomic E-state index is 11.4. The van der Waals surface area contributed by atoms with Crippen LogP contribution in [0.1, 0.15) is 12.5 Å². The van der Waals surface area contributed by atoms with Crippen LogP contribution in [0.3, 0.4) is 0 Å². The van der Waals surface area contributed by atoms with Gasteiger partial charge in [-0.2, -0.15) is 0 Å². The molecule has 1 N–H and O–H groups in total. The predicted molar refractivity (Wildman–Crippen MR) is 71.3 cm³/mol. The Morgan fingerprint density at radius 1 is 1.44 bits per heavy atom. The number of aromatic amines is 1. The normalized spacial score (nSPS) is 10.6. The molecule has 0 saturated heterocycles. The highest BCUT2D eigenvalue weighted by atomic mass is 127. The zero-order valence-corrected chi connectivity index (χ0v) is 11.4. The number of nitrogens with one attached hydrogen (secondary N) is 1. The summed E-state index contributed by atoms with van der Waals surface area (Å²) in [7, 11) is 0. The molecule has 0 saturated carbocycles. The Kier molecular flexibility index (Phi) is 3.50. The van der Waals surface area contributed by atoms with Crippen LogP contribution in [0.25, 0.3) is 11.1 Å². The minimum atomic E-state index is -0.610. The molecule has 0 spiro atoms. The number of fused-ring (bicyclic) bond motifs is 1. The van der Waals surface area contributed by atoms with E-state index >= 15 is 0 Å². The Labute approximate surface area is 114 Å². The van der Waals surface area contributed by atoms with Gasteiger partial charge in [0.25, 0.3) is 5.56 Å². The molecular weight excluding hydrogens is 353 g/mol. The van der Waals surface area contributed by atoms with Crippen molar-refractivity contribution < 1.29 is 13.9 Å². The number of aromatic nitrogens is 1.